The molecule has 1 radical (unpaired) electrons. The lowest BCUT2D eigenvalue weighted by Gasteiger charge is -1.97. The van der Waals surface area contributed by atoms with E-state index in [2.05, 4.69) is 0 Å². The number of benzene rings is 1. The van der Waals surface area contributed by atoms with Gasteiger partial charge in [-0.2, -0.15) is 0 Å². The Morgan fingerprint density at radius 2 is 1.45 bits per heavy atom. The number of rotatable bonds is 2. The Balaban J connectivity index is 3.02. The second-order valence-corrected chi connectivity index (χ2v) is 2.25. The predicted octanol–water partition coefficient (Wildman–Crippen LogP) is 2.77. The first-order chi connectivity index (χ1) is 5.26. The van der Waals surface area contributed by atoms with Gasteiger partial charge in [-0.05, 0) is 23.3 Å². The number of hydrogen-bond donors (Lipinski definition) is 0. The summed E-state index contributed by atoms with van der Waals surface area (Å²) in [7, 11) is 0. The molecule has 11 heavy (non-hydrogen) atoms. The van der Waals surface area contributed by atoms with E-state index in [0.29, 0.717) is 0 Å². The van der Waals surface area contributed by atoms with Gasteiger partial charge in [-0.1, -0.05) is 6.07 Å². The molecule has 0 bridgehead atoms. The highest BCUT2D eigenvalue weighted by Gasteiger charge is 2.00. The molecule has 1 aromatic rings. The van der Waals surface area contributed by atoms with Gasteiger partial charge in [0.15, 0.2) is 5.75 Å². The maximum atomic E-state index is 12.0. The lowest BCUT2D eigenvalue weighted by molar-refractivity contribution is 0.351. The summed E-state index contributed by atoms with van der Waals surface area (Å²) in [4.78, 5) is 0. The van der Waals surface area contributed by atoms with Crippen LogP contribution in [0.1, 0.15) is 11.1 Å². The van der Waals surface area contributed by atoms with Crippen molar-refractivity contribution in [2.24, 2.45) is 0 Å². The zero-order valence-corrected chi connectivity index (χ0v) is 5.81. The fourth-order valence-corrected chi connectivity index (χ4v) is 0.883. The lowest BCUT2D eigenvalue weighted by atomic mass is 10.1. The van der Waals surface area contributed by atoms with E-state index >= 15 is 0 Å². The zero-order valence-electron chi connectivity index (χ0n) is 5.81. The molecule has 0 spiro atoms. The third kappa shape index (κ3) is 1.90. The Morgan fingerprint density at radius 1 is 1.00 bits per heavy atom. The van der Waals surface area contributed by atoms with Crippen molar-refractivity contribution in [3.05, 3.63) is 29.3 Å². The Kier molecular flexibility index (Phi) is 2.41. The average Bonchev–Trinajstić information content (AvgIpc) is 2.03. The second kappa shape index (κ2) is 3.32. The van der Waals surface area contributed by atoms with Crippen LogP contribution in [0.25, 0.3) is 0 Å². The van der Waals surface area contributed by atoms with E-state index in [0.717, 1.165) is 0 Å². The minimum atomic E-state index is -0.719. The third-order valence-electron chi connectivity index (χ3n) is 1.33. The van der Waals surface area contributed by atoms with Gasteiger partial charge in [-0.25, -0.2) is 8.78 Å². The van der Waals surface area contributed by atoms with Crippen LogP contribution in [0.3, 0.4) is 0 Å². The highest BCUT2D eigenvalue weighted by Crippen LogP contribution is 2.17. The monoisotopic (exact) mass is 157 g/mol. The molecule has 59 valence electrons. The summed E-state index contributed by atoms with van der Waals surface area (Å²) in [6.07, 6.45) is 0. The topological polar surface area (TPSA) is 19.9 Å². The summed E-state index contributed by atoms with van der Waals surface area (Å²) in [5.41, 5.74) is 0.482. The fraction of sp³-hybridized carbons (Fsp3) is 0.250. The molecular formula is C8H7F2O. The number of alkyl halides is 2. The Labute approximate surface area is 63.3 Å². The lowest BCUT2D eigenvalue weighted by Crippen LogP contribution is -1.83. The quantitative estimate of drug-likeness (QED) is 0.629. The molecular weight excluding hydrogens is 150 g/mol. The van der Waals surface area contributed by atoms with Crippen molar-refractivity contribution in [2.45, 2.75) is 13.3 Å². The van der Waals surface area contributed by atoms with Gasteiger partial charge in [0, 0.05) is 0 Å². The maximum absolute atomic E-state index is 12.0. The van der Waals surface area contributed by atoms with Gasteiger partial charge in [0.05, 0.1) is 0 Å². The molecule has 0 aliphatic carbocycles. The van der Waals surface area contributed by atoms with Crippen LogP contribution < -0.4 is 0 Å². The van der Waals surface area contributed by atoms with Crippen LogP contribution in [0, 0.1) is 0 Å². The van der Waals surface area contributed by atoms with Gasteiger partial charge >= 0.3 is 0 Å². The van der Waals surface area contributed by atoms with Crippen molar-refractivity contribution in [1.29, 1.82) is 0 Å². The summed E-state index contributed by atoms with van der Waals surface area (Å²) in [5, 5.41) is 10.7. The molecule has 0 amide bonds. The van der Waals surface area contributed by atoms with Crippen molar-refractivity contribution in [3.63, 3.8) is 0 Å². The minimum absolute atomic E-state index is 0.241. The fourth-order valence-electron chi connectivity index (χ4n) is 0.883. The molecule has 3 heteroatoms. The van der Waals surface area contributed by atoms with Crippen LogP contribution in [0.15, 0.2) is 18.2 Å². The van der Waals surface area contributed by atoms with Crippen LogP contribution in [0.4, 0.5) is 8.78 Å². The maximum Gasteiger partial charge on any atom is 0.179 e. The first-order valence-corrected chi connectivity index (χ1v) is 3.18. The Hall–Kier alpha value is -1.12. The average molecular weight is 157 g/mol. The standard InChI is InChI=1S/C8H7F2O/c9-4-6-1-7(5-10)3-8(11)2-6/h1-3H,4-5H2. The molecule has 0 heterocycles. The van der Waals surface area contributed by atoms with Crippen molar-refractivity contribution in [1.82, 2.24) is 0 Å². The first-order valence-electron chi connectivity index (χ1n) is 3.18. The van der Waals surface area contributed by atoms with Crippen molar-refractivity contribution < 1.29 is 13.9 Å². The SMILES string of the molecule is [O]c1cc(CF)cc(CF)c1. The predicted molar refractivity (Wildman–Crippen MR) is 36.2 cm³/mol. The summed E-state index contributed by atoms with van der Waals surface area (Å²) in [6.45, 7) is -1.44. The Morgan fingerprint density at radius 3 is 1.82 bits per heavy atom. The molecule has 0 saturated heterocycles. The summed E-state index contributed by atoms with van der Waals surface area (Å²) in [5.74, 6) is -0.340. The van der Waals surface area contributed by atoms with Gasteiger partial charge in [0.2, 0.25) is 0 Å². The molecule has 0 atom stereocenters. The summed E-state index contributed by atoms with van der Waals surface area (Å²) < 4.78 is 23.9. The molecule has 0 aromatic heterocycles. The van der Waals surface area contributed by atoms with Crippen molar-refractivity contribution in [2.75, 3.05) is 0 Å². The van der Waals surface area contributed by atoms with E-state index in [-0.39, 0.29) is 16.9 Å². The summed E-state index contributed by atoms with van der Waals surface area (Å²) in [6, 6.07) is 3.68. The van der Waals surface area contributed by atoms with Crippen LogP contribution in [-0.2, 0) is 18.5 Å². The van der Waals surface area contributed by atoms with E-state index in [9.17, 15) is 13.9 Å². The van der Waals surface area contributed by atoms with Crippen molar-refractivity contribution >= 4 is 0 Å². The summed E-state index contributed by atoms with van der Waals surface area (Å²) >= 11 is 0. The zero-order chi connectivity index (χ0) is 8.27. The smallest absolute Gasteiger partial charge is 0.179 e. The molecule has 0 saturated carbocycles. The minimum Gasteiger partial charge on any atom is -0.290 e. The van der Waals surface area contributed by atoms with E-state index in [4.69, 9.17) is 0 Å². The highest BCUT2D eigenvalue weighted by molar-refractivity contribution is 5.32. The Bertz CT molecular complexity index is 226. The van der Waals surface area contributed by atoms with Crippen LogP contribution in [-0.4, -0.2) is 0 Å². The van der Waals surface area contributed by atoms with E-state index in [1.807, 2.05) is 0 Å². The van der Waals surface area contributed by atoms with E-state index in [1.54, 1.807) is 0 Å². The molecule has 0 fully saturated rings. The van der Waals surface area contributed by atoms with Gasteiger partial charge in [-0.15, -0.1) is 0 Å². The van der Waals surface area contributed by atoms with E-state index < -0.39 is 13.3 Å². The molecule has 1 aromatic carbocycles. The van der Waals surface area contributed by atoms with Crippen LogP contribution >= 0.6 is 0 Å². The van der Waals surface area contributed by atoms with Gasteiger partial charge < -0.3 is 0 Å². The van der Waals surface area contributed by atoms with Gasteiger partial charge in [-0.3, -0.25) is 5.11 Å². The van der Waals surface area contributed by atoms with Crippen LogP contribution in [0.5, 0.6) is 5.75 Å². The molecule has 1 rings (SSSR count). The molecule has 1 nitrogen and oxygen atoms in total. The largest absolute Gasteiger partial charge is 0.290 e. The van der Waals surface area contributed by atoms with Crippen LogP contribution in [0.2, 0.25) is 0 Å². The molecule has 0 unspecified atom stereocenters. The molecule has 0 N–H and O–H groups in total. The van der Waals surface area contributed by atoms with Gasteiger partial charge in [0.25, 0.3) is 0 Å². The third-order valence-corrected chi connectivity index (χ3v) is 1.33. The first kappa shape index (κ1) is 7.98. The highest BCUT2D eigenvalue weighted by atomic mass is 19.1. The van der Waals surface area contributed by atoms with E-state index in [1.165, 1.54) is 18.2 Å². The van der Waals surface area contributed by atoms with Gasteiger partial charge in [0.1, 0.15) is 13.3 Å². The van der Waals surface area contributed by atoms with Crippen molar-refractivity contribution in [3.8, 4) is 5.75 Å². The number of hydrogen-bond acceptors (Lipinski definition) is 0. The normalized spacial score (nSPS) is 10.0. The second-order valence-electron chi connectivity index (χ2n) is 2.25. The molecule has 0 aliphatic rings. The molecule has 0 aliphatic heterocycles. The number of halogens is 2.